The highest BCUT2D eigenvalue weighted by atomic mass is 32.2. The van der Waals surface area contributed by atoms with Gasteiger partial charge in [0.1, 0.15) is 17.0 Å². The number of hydrogen-bond donors (Lipinski definition) is 2. The Kier molecular flexibility index (Phi) is 5.51. The van der Waals surface area contributed by atoms with E-state index in [9.17, 15) is 0 Å². The Morgan fingerprint density at radius 3 is 2.67 bits per heavy atom. The van der Waals surface area contributed by atoms with Crippen LogP contribution in [0, 0.1) is 4.77 Å². The normalized spacial score (nSPS) is 12.0. The summed E-state index contributed by atoms with van der Waals surface area (Å²) in [6, 6.07) is 5.47. The van der Waals surface area contributed by atoms with Crippen LogP contribution in [0.3, 0.4) is 0 Å². The molecule has 0 aliphatic carbocycles. The van der Waals surface area contributed by atoms with Crippen LogP contribution in [-0.2, 0) is 5.75 Å². The highest BCUT2D eigenvalue weighted by Gasteiger charge is 2.10. The Hall–Kier alpha value is -1.67. The van der Waals surface area contributed by atoms with E-state index in [2.05, 4.69) is 15.2 Å². The molecule has 8 heteroatoms. The van der Waals surface area contributed by atoms with Crippen molar-refractivity contribution in [3.05, 3.63) is 28.8 Å². The molecule has 114 valence electrons. The van der Waals surface area contributed by atoms with E-state index in [0.29, 0.717) is 22.0 Å². The maximum Gasteiger partial charge on any atom is 0.192 e. The minimum atomic E-state index is -0.0400. The molecule has 6 nitrogen and oxygen atoms in total. The highest BCUT2D eigenvalue weighted by Crippen LogP contribution is 2.32. The van der Waals surface area contributed by atoms with Crippen LogP contribution in [-0.4, -0.2) is 34.8 Å². The summed E-state index contributed by atoms with van der Waals surface area (Å²) in [5.74, 6) is 3.52. The Morgan fingerprint density at radius 1 is 1.29 bits per heavy atom. The number of H-pyrrole nitrogens is 2. The third-order valence-electron chi connectivity index (χ3n) is 2.66. The molecule has 2 N–H and O–H groups in total. The number of ether oxygens (including phenoxy) is 3. The van der Waals surface area contributed by atoms with Gasteiger partial charge in [-0.3, -0.25) is 5.10 Å². The van der Waals surface area contributed by atoms with Crippen molar-refractivity contribution in [2.75, 3.05) is 14.2 Å². The van der Waals surface area contributed by atoms with Crippen LogP contribution in [0.2, 0.25) is 0 Å². The Labute approximate surface area is 132 Å². The molecule has 1 atom stereocenters. The largest absolute Gasteiger partial charge is 0.493 e. The molecular formula is C13H17N3O3S2. The molecule has 2 aromatic rings. The first-order valence-electron chi connectivity index (χ1n) is 6.26. The zero-order valence-electron chi connectivity index (χ0n) is 12.0. The number of aromatic nitrogens is 3. The second kappa shape index (κ2) is 7.37. The van der Waals surface area contributed by atoms with Crippen molar-refractivity contribution in [3.8, 4) is 17.2 Å². The predicted octanol–water partition coefficient (Wildman–Crippen LogP) is 3.14. The molecule has 0 aliphatic heterocycles. The molecule has 1 aromatic carbocycles. The second-order valence-electron chi connectivity index (χ2n) is 4.14. The monoisotopic (exact) mass is 327 g/mol. The maximum atomic E-state index is 5.83. The van der Waals surface area contributed by atoms with E-state index in [1.165, 1.54) is 0 Å². The average Bonchev–Trinajstić information content (AvgIpc) is 2.90. The summed E-state index contributed by atoms with van der Waals surface area (Å²) >= 11 is 6.54. The molecular weight excluding hydrogens is 310 g/mol. The minimum absolute atomic E-state index is 0.0400. The molecule has 1 aromatic heterocycles. The van der Waals surface area contributed by atoms with E-state index < -0.39 is 0 Å². The van der Waals surface area contributed by atoms with Crippen molar-refractivity contribution < 1.29 is 14.2 Å². The highest BCUT2D eigenvalue weighted by molar-refractivity contribution is 7.98. The number of rotatable bonds is 7. The van der Waals surface area contributed by atoms with Gasteiger partial charge in [0, 0.05) is 6.07 Å². The van der Waals surface area contributed by atoms with Crippen LogP contribution in [0.5, 0.6) is 17.2 Å². The molecule has 0 aliphatic rings. The fourth-order valence-corrected chi connectivity index (χ4v) is 2.56. The molecule has 0 saturated heterocycles. The summed E-state index contributed by atoms with van der Waals surface area (Å²) in [5.41, 5.74) is -0.0400. The summed E-state index contributed by atoms with van der Waals surface area (Å²) in [7, 11) is 3.20. The van der Waals surface area contributed by atoms with Gasteiger partial charge in [0.25, 0.3) is 0 Å². The fraction of sp³-hybridized carbons (Fsp3) is 0.385. The van der Waals surface area contributed by atoms with E-state index >= 15 is 0 Å². The van der Waals surface area contributed by atoms with Crippen molar-refractivity contribution in [3.63, 3.8) is 0 Å². The summed E-state index contributed by atoms with van der Waals surface area (Å²) in [6.45, 7) is 1.97. The number of thioether (sulfide) groups is 1. The van der Waals surface area contributed by atoms with Crippen LogP contribution >= 0.6 is 24.0 Å². The second-order valence-corrected chi connectivity index (χ2v) is 5.83. The number of nitrogens with one attached hydrogen (secondary N) is 2. The van der Waals surface area contributed by atoms with E-state index in [1.54, 1.807) is 32.0 Å². The zero-order chi connectivity index (χ0) is 15.2. The fourth-order valence-electron chi connectivity index (χ4n) is 1.69. The topological polar surface area (TPSA) is 72.2 Å². The lowest BCUT2D eigenvalue weighted by atomic mass is 10.3. The number of hydrogen-bond acceptors (Lipinski definition) is 6. The summed E-state index contributed by atoms with van der Waals surface area (Å²) in [5, 5.41) is 6.74. The lowest BCUT2D eigenvalue weighted by Crippen LogP contribution is -2.07. The molecule has 1 unspecified atom stereocenters. The molecule has 2 rings (SSSR count). The Morgan fingerprint density at radius 2 is 2.05 bits per heavy atom. The summed E-state index contributed by atoms with van der Waals surface area (Å²) in [6.07, 6.45) is 0. The number of aromatic amines is 2. The third kappa shape index (κ3) is 4.40. The van der Waals surface area contributed by atoms with Gasteiger partial charge in [0.2, 0.25) is 0 Å². The van der Waals surface area contributed by atoms with Gasteiger partial charge in [-0.25, -0.2) is 0 Å². The van der Waals surface area contributed by atoms with Gasteiger partial charge < -0.3 is 19.2 Å². The maximum absolute atomic E-state index is 5.83. The van der Waals surface area contributed by atoms with Crippen molar-refractivity contribution in [2.24, 2.45) is 0 Å². The SMILES string of the molecule is COc1ccc(OC(C)SCc2n[nH]c(=S)[nH]2)cc1OC. The molecule has 21 heavy (non-hydrogen) atoms. The van der Waals surface area contributed by atoms with E-state index in [1.807, 2.05) is 19.1 Å². The molecule has 0 amide bonds. The van der Waals surface area contributed by atoms with Crippen LogP contribution in [0.15, 0.2) is 18.2 Å². The van der Waals surface area contributed by atoms with E-state index in [0.717, 1.165) is 11.6 Å². The van der Waals surface area contributed by atoms with Gasteiger partial charge in [-0.05, 0) is 31.3 Å². The zero-order valence-corrected chi connectivity index (χ0v) is 13.6. The number of benzene rings is 1. The van der Waals surface area contributed by atoms with E-state index in [4.69, 9.17) is 26.4 Å². The first kappa shape index (κ1) is 15.7. The van der Waals surface area contributed by atoms with Crippen LogP contribution in [0.1, 0.15) is 12.7 Å². The van der Waals surface area contributed by atoms with Crippen molar-refractivity contribution in [2.45, 2.75) is 18.1 Å². The van der Waals surface area contributed by atoms with Crippen molar-refractivity contribution >= 4 is 24.0 Å². The molecule has 1 heterocycles. The lowest BCUT2D eigenvalue weighted by Gasteiger charge is -2.15. The predicted molar refractivity (Wildman–Crippen MR) is 84.7 cm³/mol. The molecule has 0 spiro atoms. The standard InChI is InChI=1S/C13H17N3O3S2/c1-8(21-7-12-14-13(20)16-15-12)19-9-4-5-10(17-2)11(6-9)18-3/h4-6,8H,7H2,1-3H3,(H2,14,15,16,20). The van der Waals surface area contributed by atoms with Gasteiger partial charge in [-0.2, -0.15) is 5.10 Å². The molecule has 0 saturated carbocycles. The number of methoxy groups -OCH3 is 2. The first-order valence-corrected chi connectivity index (χ1v) is 7.72. The Balaban J connectivity index is 1.92. The van der Waals surface area contributed by atoms with Gasteiger partial charge in [0.15, 0.2) is 16.3 Å². The average molecular weight is 327 g/mol. The molecule has 0 bridgehead atoms. The molecule has 0 radical (unpaired) electrons. The third-order valence-corrected chi connectivity index (χ3v) is 3.86. The van der Waals surface area contributed by atoms with Gasteiger partial charge in [0.05, 0.1) is 20.0 Å². The van der Waals surface area contributed by atoms with Crippen LogP contribution in [0.4, 0.5) is 0 Å². The quantitative estimate of drug-likeness (QED) is 0.601. The van der Waals surface area contributed by atoms with Crippen molar-refractivity contribution in [1.29, 1.82) is 0 Å². The van der Waals surface area contributed by atoms with E-state index in [-0.39, 0.29) is 5.44 Å². The lowest BCUT2D eigenvalue weighted by molar-refractivity contribution is 0.301. The summed E-state index contributed by atoms with van der Waals surface area (Å²) in [4.78, 5) is 2.96. The van der Waals surface area contributed by atoms with Gasteiger partial charge in [-0.1, -0.05) is 0 Å². The Bertz CT molecular complexity index is 642. The first-order chi connectivity index (χ1) is 10.1. The number of nitrogens with zero attached hydrogens (tertiary/aromatic N) is 1. The van der Waals surface area contributed by atoms with Crippen LogP contribution < -0.4 is 14.2 Å². The van der Waals surface area contributed by atoms with Gasteiger partial charge in [-0.15, -0.1) is 11.8 Å². The smallest absolute Gasteiger partial charge is 0.192 e. The van der Waals surface area contributed by atoms with Crippen molar-refractivity contribution in [1.82, 2.24) is 15.2 Å². The summed E-state index contributed by atoms with van der Waals surface area (Å²) < 4.78 is 16.8. The minimum Gasteiger partial charge on any atom is -0.493 e. The van der Waals surface area contributed by atoms with Crippen LogP contribution in [0.25, 0.3) is 0 Å². The van der Waals surface area contributed by atoms with Gasteiger partial charge >= 0.3 is 0 Å². The molecule has 0 fully saturated rings.